The lowest BCUT2D eigenvalue weighted by Crippen LogP contribution is -2.60. The molecule has 1 saturated heterocycles. The molecule has 1 aromatic rings. The van der Waals surface area contributed by atoms with Gasteiger partial charge in [0, 0.05) is 43.8 Å². The molecule has 1 amide bonds. The summed E-state index contributed by atoms with van der Waals surface area (Å²) in [6.45, 7) is 7.89. The number of rotatable bonds is 6. The summed E-state index contributed by atoms with van der Waals surface area (Å²) in [5, 5.41) is 0. The van der Waals surface area contributed by atoms with Crippen LogP contribution in [0.5, 0.6) is 0 Å². The van der Waals surface area contributed by atoms with Crippen LogP contribution in [-0.4, -0.2) is 61.6 Å². The van der Waals surface area contributed by atoms with E-state index in [1.165, 1.54) is 0 Å². The molecule has 0 spiro atoms. The Morgan fingerprint density at radius 1 is 1.38 bits per heavy atom. The maximum atomic E-state index is 13.0. The van der Waals surface area contributed by atoms with E-state index >= 15 is 0 Å². The van der Waals surface area contributed by atoms with E-state index in [9.17, 15) is 4.79 Å². The highest BCUT2D eigenvalue weighted by atomic mass is 79.9. The molecule has 0 radical (unpaired) electrons. The molecule has 1 aliphatic rings. The minimum atomic E-state index is -1.01. The predicted octanol–water partition coefficient (Wildman–Crippen LogP) is 2.19. The normalized spacial score (nSPS) is 21.5. The molecule has 2 unspecified atom stereocenters. The van der Waals surface area contributed by atoms with E-state index in [0.29, 0.717) is 12.6 Å². The van der Waals surface area contributed by atoms with Gasteiger partial charge in [0.15, 0.2) is 0 Å². The number of hydrogen-bond donors (Lipinski definition) is 1. The van der Waals surface area contributed by atoms with Crippen LogP contribution in [0.4, 0.5) is 0 Å². The first-order chi connectivity index (χ1) is 11.4. The van der Waals surface area contributed by atoms with Gasteiger partial charge >= 0.3 is 0 Å². The molecule has 1 aromatic carbocycles. The molecule has 24 heavy (non-hydrogen) atoms. The summed E-state index contributed by atoms with van der Waals surface area (Å²) >= 11 is 3.42. The van der Waals surface area contributed by atoms with Crippen molar-refractivity contribution in [3.8, 4) is 0 Å². The Hall–Kier alpha value is -0.950. The van der Waals surface area contributed by atoms with Gasteiger partial charge in [-0.3, -0.25) is 9.69 Å². The van der Waals surface area contributed by atoms with Crippen LogP contribution in [-0.2, 0) is 15.1 Å². The average Bonchev–Trinajstić information content (AvgIpc) is 2.59. The van der Waals surface area contributed by atoms with E-state index in [4.69, 9.17) is 10.5 Å². The van der Waals surface area contributed by atoms with Gasteiger partial charge in [-0.05, 0) is 31.0 Å². The van der Waals surface area contributed by atoms with Crippen molar-refractivity contribution < 1.29 is 9.53 Å². The molecule has 6 heteroatoms. The number of piperazine rings is 1. The summed E-state index contributed by atoms with van der Waals surface area (Å²) in [6.07, 6.45) is 1.01. The fraction of sp³-hybridized carbons (Fsp3) is 0.611. The molecule has 2 rings (SSSR count). The third-order valence-corrected chi connectivity index (χ3v) is 5.36. The third kappa shape index (κ3) is 4.36. The molecule has 5 nitrogen and oxygen atoms in total. The van der Waals surface area contributed by atoms with Crippen LogP contribution in [0.3, 0.4) is 0 Å². The molecule has 0 aliphatic carbocycles. The fourth-order valence-corrected chi connectivity index (χ4v) is 3.48. The largest absolute Gasteiger partial charge is 0.383 e. The number of hydrogen-bond acceptors (Lipinski definition) is 4. The van der Waals surface area contributed by atoms with Crippen LogP contribution in [0.2, 0.25) is 0 Å². The average molecular weight is 398 g/mol. The van der Waals surface area contributed by atoms with Gasteiger partial charge in [-0.25, -0.2) is 0 Å². The van der Waals surface area contributed by atoms with Crippen molar-refractivity contribution in [2.24, 2.45) is 5.73 Å². The molecule has 0 bridgehead atoms. The smallest absolute Gasteiger partial charge is 0.247 e. The van der Waals surface area contributed by atoms with Crippen LogP contribution < -0.4 is 5.73 Å². The molecule has 134 valence electrons. The first kappa shape index (κ1) is 19.4. The van der Waals surface area contributed by atoms with E-state index in [1.807, 2.05) is 29.2 Å². The Morgan fingerprint density at radius 3 is 2.62 bits per heavy atom. The SMILES string of the molecule is CCC1CN(C(=O)C(C)(N)c2ccc(Br)cc2)CCN1CCOC. The second-order valence-electron chi connectivity index (χ2n) is 6.55. The molecule has 2 atom stereocenters. The number of carbonyl (C=O) groups is 1. The van der Waals surface area contributed by atoms with Gasteiger partial charge in [-0.15, -0.1) is 0 Å². The summed E-state index contributed by atoms with van der Waals surface area (Å²) in [5.74, 6) is -0.00494. The van der Waals surface area contributed by atoms with E-state index in [-0.39, 0.29) is 5.91 Å². The number of ether oxygens (including phenoxy) is 1. The summed E-state index contributed by atoms with van der Waals surface area (Å²) < 4.78 is 6.17. The Morgan fingerprint density at radius 2 is 2.04 bits per heavy atom. The lowest BCUT2D eigenvalue weighted by Gasteiger charge is -2.43. The Labute approximate surface area is 153 Å². The van der Waals surface area contributed by atoms with Crippen molar-refractivity contribution in [3.63, 3.8) is 0 Å². The molecule has 0 saturated carbocycles. The van der Waals surface area contributed by atoms with Crippen molar-refractivity contribution in [2.45, 2.75) is 31.8 Å². The predicted molar refractivity (Wildman–Crippen MR) is 99.8 cm³/mol. The minimum absolute atomic E-state index is 0.00494. The van der Waals surface area contributed by atoms with Gasteiger partial charge < -0.3 is 15.4 Å². The maximum Gasteiger partial charge on any atom is 0.247 e. The second-order valence-corrected chi connectivity index (χ2v) is 7.47. The van der Waals surface area contributed by atoms with Crippen LogP contribution in [0.1, 0.15) is 25.8 Å². The highest BCUT2D eigenvalue weighted by Gasteiger charge is 2.37. The molecule has 1 heterocycles. The number of amides is 1. The summed E-state index contributed by atoms with van der Waals surface area (Å²) in [4.78, 5) is 17.4. The standard InChI is InChI=1S/C18H28BrN3O2/c1-4-16-13-22(10-9-21(16)11-12-24-3)17(23)18(2,20)14-5-7-15(19)8-6-14/h5-8,16H,4,9-13,20H2,1-3H3. The van der Waals surface area contributed by atoms with E-state index < -0.39 is 5.54 Å². The van der Waals surface area contributed by atoms with Crippen molar-refractivity contribution in [2.75, 3.05) is 39.9 Å². The van der Waals surface area contributed by atoms with E-state index in [0.717, 1.165) is 42.7 Å². The first-order valence-corrected chi connectivity index (χ1v) is 9.26. The lowest BCUT2D eigenvalue weighted by molar-refractivity contribution is -0.140. The fourth-order valence-electron chi connectivity index (χ4n) is 3.22. The number of nitrogens with zero attached hydrogens (tertiary/aromatic N) is 2. The van der Waals surface area contributed by atoms with E-state index in [2.05, 4.69) is 27.8 Å². The summed E-state index contributed by atoms with van der Waals surface area (Å²) in [7, 11) is 1.72. The third-order valence-electron chi connectivity index (χ3n) is 4.83. The zero-order valence-electron chi connectivity index (χ0n) is 14.8. The molecule has 1 fully saturated rings. The maximum absolute atomic E-state index is 13.0. The Kier molecular flexibility index (Phi) is 6.80. The van der Waals surface area contributed by atoms with Gasteiger partial charge in [0.1, 0.15) is 5.54 Å². The van der Waals surface area contributed by atoms with Gasteiger partial charge in [-0.2, -0.15) is 0 Å². The number of halogens is 1. The first-order valence-electron chi connectivity index (χ1n) is 8.47. The van der Waals surface area contributed by atoms with Crippen LogP contribution >= 0.6 is 15.9 Å². The zero-order valence-corrected chi connectivity index (χ0v) is 16.4. The highest BCUT2D eigenvalue weighted by molar-refractivity contribution is 9.10. The van der Waals surface area contributed by atoms with Crippen LogP contribution in [0.25, 0.3) is 0 Å². The molecule has 2 N–H and O–H groups in total. The lowest BCUT2D eigenvalue weighted by atomic mass is 9.91. The monoisotopic (exact) mass is 397 g/mol. The number of methoxy groups -OCH3 is 1. The zero-order chi connectivity index (χ0) is 17.7. The van der Waals surface area contributed by atoms with Crippen molar-refractivity contribution in [1.82, 2.24) is 9.80 Å². The molecule has 1 aliphatic heterocycles. The second kappa shape index (κ2) is 8.43. The molecular formula is C18H28BrN3O2. The van der Waals surface area contributed by atoms with E-state index in [1.54, 1.807) is 14.0 Å². The summed E-state index contributed by atoms with van der Waals surface area (Å²) in [5.41, 5.74) is 6.26. The topological polar surface area (TPSA) is 58.8 Å². The Bertz CT molecular complexity index is 548. The number of nitrogens with two attached hydrogens (primary N) is 1. The van der Waals surface area contributed by atoms with Crippen LogP contribution in [0, 0.1) is 0 Å². The summed E-state index contributed by atoms with van der Waals surface area (Å²) in [6, 6.07) is 8.03. The van der Waals surface area contributed by atoms with Crippen molar-refractivity contribution in [1.29, 1.82) is 0 Å². The minimum Gasteiger partial charge on any atom is -0.383 e. The van der Waals surface area contributed by atoms with Gasteiger partial charge in [0.25, 0.3) is 0 Å². The highest BCUT2D eigenvalue weighted by Crippen LogP contribution is 2.24. The van der Waals surface area contributed by atoms with Crippen molar-refractivity contribution in [3.05, 3.63) is 34.3 Å². The van der Waals surface area contributed by atoms with Gasteiger partial charge in [0.05, 0.1) is 6.61 Å². The van der Waals surface area contributed by atoms with Crippen molar-refractivity contribution >= 4 is 21.8 Å². The molecule has 0 aromatic heterocycles. The van der Waals surface area contributed by atoms with Crippen LogP contribution in [0.15, 0.2) is 28.7 Å². The Balaban J connectivity index is 2.08. The number of benzene rings is 1. The number of carbonyl (C=O) groups excluding carboxylic acids is 1. The van der Waals surface area contributed by atoms with Gasteiger partial charge in [0.2, 0.25) is 5.91 Å². The quantitative estimate of drug-likeness (QED) is 0.798. The molecular weight excluding hydrogens is 370 g/mol. The van der Waals surface area contributed by atoms with Gasteiger partial charge in [-0.1, -0.05) is 35.0 Å².